The van der Waals surface area contributed by atoms with Crippen LogP contribution in [0.2, 0.25) is 0 Å². The molecule has 5 heteroatoms. The molecule has 3 nitrogen and oxygen atoms in total. The van der Waals surface area contributed by atoms with Crippen LogP contribution in [0, 0.1) is 11.7 Å². The number of amides is 1. The molecule has 2 N–H and O–H groups in total. The number of thioether (sulfide) groups is 1. The quantitative estimate of drug-likeness (QED) is 0.878. The number of nitrogens with one attached hydrogen (secondary N) is 2. The maximum Gasteiger partial charge on any atom is 0.236 e. The van der Waals surface area contributed by atoms with Crippen LogP contribution >= 0.6 is 11.8 Å². The zero-order chi connectivity index (χ0) is 15.4. The molecule has 1 aliphatic heterocycles. The van der Waals surface area contributed by atoms with Crippen molar-refractivity contribution in [1.82, 2.24) is 10.6 Å². The minimum absolute atomic E-state index is 0.000111. The predicted octanol–water partition coefficient (Wildman–Crippen LogP) is 3.11. The van der Waals surface area contributed by atoms with Gasteiger partial charge in [-0.25, -0.2) is 4.39 Å². The first kappa shape index (κ1) is 16.3. The second kappa shape index (κ2) is 7.27. The van der Waals surface area contributed by atoms with Gasteiger partial charge in [-0.15, -0.1) is 11.8 Å². The van der Waals surface area contributed by atoms with Crippen LogP contribution in [-0.4, -0.2) is 24.7 Å². The molecule has 1 aromatic carbocycles. The average Bonchev–Trinajstić information content (AvgIpc) is 2.46. The molecule has 0 aromatic heterocycles. The van der Waals surface area contributed by atoms with Crippen molar-refractivity contribution in [3.8, 4) is 0 Å². The summed E-state index contributed by atoms with van der Waals surface area (Å²) < 4.78 is 13.9. The molecule has 1 heterocycles. The van der Waals surface area contributed by atoms with E-state index in [0.29, 0.717) is 5.92 Å². The van der Waals surface area contributed by atoms with Gasteiger partial charge >= 0.3 is 0 Å². The van der Waals surface area contributed by atoms with Gasteiger partial charge in [-0.1, -0.05) is 26.0 Å². The van der Waals surface area contributed by atoms with E-state index in [1.807, 2.05) is 6.07 Å². The number of rotatable bonds is 5. The fraction of sp³-hybridized carbons (Fsp3) is 0.562. The van der Waals surface area contributed by atoms with Crippen LogP contribution in [0.5, 0.6) is 0 Å². The summed E-state index contributed by atoms with van der Waals surface area (Å²) in [6.45, 7) is 4.20. The molecule has 1 amide bonds. The van der Waals surface area contributed by atoms with Crippen molar-refractivity contribution in [2.75, 3.05) is 12.8 Å². The van der Waals surface area contributed by atoms with Crippen molar-refractivity contribution in [1.29, 1.82) is 0 Å². The minimum atomic E-state index is -0.237. The number of carbonyl (C=O) groups excluding carboxylic acids is 1. The Bertz CT molecular complexity index is 507. The van der Waals surface area contributed by atoms with E-state index < -0.39 is 0 Å². The van der Waals surface area contributed by atoms with E-state index in [0.717, 1.165) is 29.1 Å². The van der Waals surface area contributed by atoms with Crippen LogP contribution < -0.4 is 10.6 Å². The molecule has 0 saturated heterocycles. The van der Waals surface area contributed by atoms with Crippen molar-refractivity contribution >= 4 is 17.7 Å². The van der Waals surface area contributed by atoms with Gasteiger partial charge in [0.05, 0.1) is 6.04 Å². The smallest absolute Gasteiger partial charge is 0.236 e. The third kappa shape index (κ3) is 3.98. The van der Waals surface area contributed by atoms with E-state index in [1.165, 1.54) is 6.07 Å². The molecule has 0 bridgehead atoms. The first-order chi connectivity index (χ1) is 10.0. The van der Waals surface area contributed by atoms with E-state index in [-0.39, 0.29) is 23.8 Å². The lowest BCUT2D eigenvalue weighted by Gasteiger charge is -2.30. The zero-order valence-electron chi connectivity index (χ0n) is 12.8. The number of fused-ring (bicyclic) bond motifs is 1. The summed E-state index contributed by atoms with van der Waals surface area (Å²) in [5.41, 5.74) is 0.976. The summed E-state index contributed by atoms with van der Waals surface area (Å²) in [4.78, 5) is 12.8. The maximum absolute atomic E-state index is 13.9. The molecule has 2 atom stereocenters. The summed E-state index contributed by atoms with van der Waals surface area (Å²) in [7, 11) is 1.65. The standard InChI is InChI=1S/C16H23FN2OS/c1-10(2)9-14(16(20)18-3)19-13-7-8-21-15-11(13)5-4-6-12(15)17/h4-6,10,13-14,19H,7-9H2,1-3H3,(H,18,20). The van der Waals surface area contributed by atoms with Crippen molar-refractivity contribution in [2.45, 2.75) is 43.7 Å². The molecule has 2 unspecified atom stereocenters. The Hall–Kier alpha value is -1.07. The lowest BCUT2D eigenvalue weighted by molar-refractivity contribution is -0.123. The van der Waals surface area contributed by atoms with Crippen molar-refractivity contribution < 1.29 is 9.18 Å². The Labute approximate surface area is 130 Å². The molecule has 2 rings (SSSR count). The summed E-state index contributed by atoms with van der Waals surface area (Å²) in [5, 5.41) is 6.14. The number of likely N-dealkylation sites (N-methyl/N-ethyl adjacent to an activating group) is 1. The molecule has 0 radical (unpaired) electrons. The van der Waals surface area contributed by atoms with Crippen LogP contribution in [0.4, 0.5) is 4.39 Å². The average molecular weight is 310 g/mol. The molecule has 116 valence electrons. The van der Waals surface area contributed by atoms with Gasteiger partial charge in [-0.05, 0) is 36.1 Å². The molecule has 1 aliphatic rings. The second-order valence-electron chi connectivity index (χ2n) is 5.81. The van der Waals surface area contributed by atoms with Crippen molar-refractivity contribution in [3.63, 3.8) is 0 Å². The molecule has 0 fully saturated rings. The second-order valence-corrected chi connectivity index (χ2v) is 6.92. The molecule has 1 aromatic rings. The van der Waals surface area contributed by atoms with Crippen molar-refractivity contribution in [3.05, 3.63) is 29.6 Å². The number of carbonyl (C=O) groups is 1. The zero-order valence-corrected chi connectivity index (χ0v) is 13.6. The third-order valence-corrected chi connectivity index (χ3v) is 4.86. The number of halogens is 1. The number of hydrogen-bond donors (Lipinski definition) is 2. The van der Waals surface area contributed by atoms with Gasteiger partial charge in [0.1, 0.15) is 5.82 Å². The lowest BCUT2D eigenvalue weighted by Crippen LogP contribution is -2.45. The van der Waals surface area contributed by atoms with Gasteiger partial charge in [0.15, 0.2) is 0 Å². The normalized spacial score (nSPS) is 19.2. The Morgan fingerprint density at radius 1 is 1.48 bits per heavy atom. The minimum Gasteiger partial charge on any atom is -0.358 e. The van der Waals surface area contributed by atoms with Gasteiger partial charge in [-0.3, -0.25) is 10.1 Å². The summed E-state index contributed by atoms with van der Waals surface area (Å²) in [6.07, 6.45) is 1.68. The molecule has 21 heavy (non-hydrogen) atoms. The van der Waals surface area contributed by atoms with E-state index in [9.17, 15) is 9.18 Å². The van der Waals surface area contributed by atoms with E-state index in [1.54, 1.807) is 24.9 Å². The summed E-state index contributed by atoms with van der Waals surface area (Å²) >= 11 is 1.56. The Morgan fingerprint density at radius 2 is 2.24 bits per heavy atom. The highest BCUT2D eigenvalue weighted by molar-refractivity contribution is 7.99. The lowest BCUT2D eigenvalue weighted by atomic mass is 9.98. The highest BCUT2D eigenvalue weighted by atomic mass is 32.2. The number of hydrogen-bond acceptors (Lipinski definition) is 3. The Balaban J connectivity index is 2.19. The van der Waals surface area contributed by atoms with Crippen molar-refractivity contribution in [2.24, 2.45) is 5.92 Å². The number of benzene rings is 1. The summed E-state index contributed by atoms with van der Waals surface area (Å²) in [5.74, 6) is 1.13. The molecule has 0 aliphatic carbocycles. The Morgan fingerprint density at radius 3 is 2.90 bits per heavy atom. The topological polar surface area (TPSA) is 41.1 Å². The fourth-order valence-electron chi connectivity index (χ4n) is 2.70. The molecular formula is C16H23FN2OS. The monoisotopic (exact) mass is 310 g/mol. The molecule has 0 spiro atoms. The van der Waals surface area contributed by atoms with Crippen LogP contribution in [0.25, 0.3) is 0 Å². The van der Waals surface area contributed by atoms with Crippen LogP contribution in [0.15, 0.2) is 23.1 Å². The van der Waals surface area contributed by atoms with Gasteiger partial charge in [0.2, 0.25) is 5.91 Å². The third-order valence-electron chi connectivity index (χ3n) is 3.70. The van der Waals surface area contributed by atoms with E-state index in [4.69, 9.17) is 0 Å². The Kier molecular flexibility index (Phi) is 5.65. The van der Waals surface area contributed by atoms with Crippen LogP contribution in [0.3, 0.4) is 0 Å². The van der Waals surface area contributed by atoms with Gasteiger partial charge in [-0.2, -0.15) is 0 Å². The first-order valence-corrected chi connectivity index (χ1v) is 8.40. The highest BCUT2D eigenvalue weighted by Gasteiger charge is 2.27. The fourth-order valence-corrected chi connectivity index (χ4v) is 3.84. The highest BCUT2D eigenvalue weighted by Crippen LogP contribution is 2.38. The maximum atomic E-state index is 13.9. The van der Waals surface area contributed by atoms with Gasteiger partial charge < -0.3 is 5.32 Å². The summed E-state index contributed by atoms with van der Waals surface area (Å²) in [6, 6.07) is 5.00. The first-order valence-electron chi connectivity index (χ1n) is 7.41. The van der Waals surface area contributed by atoms with Gasteiger partial charge in [0.25, 0.3) is 0 Å². The van der Waals surface area contributed by atoms with E-state index in [2.05, 4.69) is 24.5 Å². The van der Waals surface area contributed by atoms with Crippen LogP contribution in [-0.2, 0) is 4.79 Å². The van der Waals surface area contributed by atoms with Crippen LogP contribution in [0.1, 0.15) is 38.3 Å². The molecular weight excluding hydrogens is 287 g/mol. The largest absolute Gasteiger partial charge is 0.358 e. The SMILES string of the molecule is CNC(=O)C(CC(C)C)NC1CCSc2c(F)cccc21. The molecule has 0 saturated carbocycles. The predicted molar refractivity (Wildman–Crippen MR) is 84.9 cm³/mol. The van der Waals surface area contributed by atoms with Gasteiger partial charge in [0, 0.05) is 18.0 Å². The van der Waals surface area contributed by atoms with E-state index >= 15 is 0 Å².